The summed E-state index contributed by atoms with van der Waals surface area (Å²) in [4.78, 5) is 0. The number of sulfonamides is 1. The highest BCUT2D eigenvalue weighted by Gasteiger charge is 2.47. The predicted molar refractivity (Wildman–Crippen MR) is 137 cm³/mol. The van der Waals surface area contributed by atoms with E-state index in [0.29, 0.717) is 5.56 Å². The van der Waals surface area contributed by atoms with Gasteiger partial charge in [-0.05, 0) is 55.2 Å². The van der Waals surface area contributed by atoms with Crippen LogP contribution in [0.25, 0.3) is 11.1 Å². The second-order valence-corrected chi connectivity index (χ2v) is 10.8. The molecular formula is C27H29FN2O5S. The van der Waals surface area contributed by atoms with Crippen LogP contribution < -0.4 is 10.1 Å². The number of ether oxygens (including phenoxy) is 2. The summed E-state index contributed by atoms with van der Waals surface area (Å²) in [7, 11) is -2.45. The summed E-state index contributed by atoms with van der Waals surface area (Å²) in [6.07, 6.45) is 0.138. The molecule has 36 heavy (non-hydrogen) atoms. The molecule has 1 unspecified atom stereocenters. The molecule has 0 bridgehead atoms. The summed E-state index contributed by atoms with van der Waals surface area (Å²) >= 11 is 0. The molecule has 0 saturated heterocycles. The van der Waals surface area contributed by atoms with Crippen molar-refractivity contribution in [3.05, 3.63) is 89.7 Å². The lowest BCUT2D eigenvalue weighted by atomic mass is 9.95. The van der Waals surface area contributed by atoms with Crippen molar-refractivity contribution in [2.45, 2.75) is 37.2 Å². The molecule has 4 rings (SSSR count). The normalized spacial score (nSPS) is 19.0. The Morgan fingerprint density at radius 2 is 1.81 bits per heavy atom. The van der Waals surface area contributed by atoms with Crippen molar-refractivity contribution in [3.8, 4) is 16.9 Å². The zero-order valence-electron chi connectivity index (χ0n) is 20.3. The number of aliphatic hydroxyl groups excluding tert-OH is 1. The van der Waals surface area contributed by atoms with Gasteiger partial charge in [0.2, 0.25) is 0 Å². The fourth-order valence-electron chi connectivity index (χ4n) is 4.47. The third-order valence-electron chi connectivity index (χ3n) is 6.11. The van der Waals surface area contributed by atoms with E-state index in [-0.39, 0.29) is 24.6 Å². The first-order valence-electron chi connectivity index (χ1n) is 11.5. The van der Waals surface area contributed by atoms with Crippen LogP contribution in [0.15, 0.2) is 77.2 Å². The SMILES string of the molecule is COc1cccc(-c2ccc(C3C(C)(C)OC(N[C@@H](CCO)c4ccccc4F)=NS3(=O)=O)cc2)c1. The van der Waals surface area contributed by atoms with Crippen LogP contribution in [0.3, 0.4) is 0 Å². The van der Waals surface area contributed by atoms with Crippen LogP contribution in [0.5, 0.6) is 5.75 Å². The van der Waals surface area contributed by atoms with Crippen LogP contribution in [0.1, 0.15) is 42.7 Å². The number of hydrogen-bond donors (Lipinski definition) is 2. The van der Waals surface area contributed by atoms with Crippen molar-refractivity contribution in [3.63, 3.8) is 0 Å². The molecule has 3 aromatic rings. The van der Waals surface area contributed by atoms with Crippen LogP contribution in [-0.2, 0) is 14.8 Å². The molecule has 2 N–H and O–H groups in total. The van der Waals surface area contributed by atoms with Gasteiger partial charge in [0, 0.05) is 12.2 Å². The van der Waals surface area contributed by atoms with E-state index in [1.54, 1.807) is 51.3 Å². The van der Waals surface area contributed by atoms with Gasteiger partial charge in [0.05, 0.1) is 13.2 Å². The highest BCUT2D eigenvalue weighted by molar-refractivity contribution is 7.90. The molecule has 2 atom stereocenters. The summed E-state index contributed by atoms with van der Waals surface area (Å²) in [6, 6.07) is 19.9. The van der Waals surface area contributed by atoms with E-state index in [2.05, 4.69) is 9.71 Å². The Balaban J connectivity index is 1.62. The van der Waals surface area contributed by atoms with Gasteiger partial charge in [-0.25, -0.2) is 12.8 Å². The summed E-state index contributed by atoms with van der Waals surface area (Å²) in [6.45, 7) is 3.11. The largest absolute Gasteiger partial charge is 0.497 e. The number of methoxy groups -OCH3 is 1. The summed E-state index contributed by atoms with van der Waals surface area (Å²) in [5.41, 5.74) is 1.49. The fraction of sp³-hybridized carbons (Fsp3) is 0.296. The van der Waals surface area contributed by atoms with Gasteiger partial charge in [-0.15, -0.1) is 4.40 Å². The van der Waals surface area contributed by atoms with E-state index in [1.807, 2.05) is 36.4 Å². The smallest absolute Gasteiger partial charge is 0.301 e. The first-order valence-corrected chi connectivity index (χ1v) is 13.0. The van der Waals surface area contributed by atoms with Crippen molar-refractivity contribution in [2.75, 3.05) is 13.7 Å². The molecule has 3 aromatic carbocycles. The maximum atomic E-state index is 14.4. The summed E-state index contributed by atoms with van der Waals surface area (Å²) in [5, 5.41) is 11.3. The number of nitrogens with one attached hydrogen (secondary N) is 1. The Hall–Kier alpha value is -3.43. The second kappa shape index (κ2) is 10.3. The molecule has 0 fully saturated rings. The maximum absolute atomic E-state index is 14.4. The minimum absolute atomic E-state index is 0.138. The predicted octanol–water partition coefficient (Wildman–Crippen LogP) is 4.75. The first kappa shape index (κ1) is 25.7. The molecule has 1 aliphatic rings. The Morgan fingerprint density at radius 1 is 1.08 bits per heavy atom. The van der Waals surface area contributed by atoms with Crippen LogP contribution in [0.2, 0.25) is 0 Å². The number of nitrogens with zero attached hydrogens (tertiary/aromatic N) is 1. The molecule has 0 radical (unpaired) electrons. The Labute approximate surface area is 210 Å². The third kappa shape index (κ3) is 5.37. The molecule has 9 heteroatoms. The number of aliphatic hydroxyl groups is 1. The van der Waals surface area contributed by atoms with Gasteiger partial charge in [-0.1, -0.05) is 54.6 Å². The van der Waals surface area contributed by atoms with E-state index in [0.717, 1.165) is 16.9 Å². The highest BCUT2D eigenvalue weighted by atomic mass is 32.2. The van der Waals surface area contributed by atoms with E-state index < -0.39 is 32.7 Å². The molecular weight excluding hydrogens is 483 g/mol. The molecule has 0 spiro atoms. The average molecular weight is 513 g/mol. The molecule has 190 valence electrons. The van der Waals surface area contributed by atoms with Crippen LogP contribution in [0.4, 0.5) is 4.39 Å². The van der Waals surface area contributed by atoms with Gasteiger partial charge < -0.3 is 19.9 Å². The van der Waals surface area contributed by atoms with Gasteiger partial charge in [-0.3, -0.25) is 0 Å². The highest BCUT2D eigenvalue weighted by Crippen LogP contribution is 2.41. The number of benzene rings is 3. The summed E-state index contributed by atoms with van der Waals surface area (Å²) < 4.78 is 56.2. The van der Waals surface area contributed by atoms with Crippen molar-refractivity contribution >= 4 is 16.0 Å². The van der Waals surface area contributed by atoms with E-state index in [1.165, 1.54) is 6.07 Å². The lowest BCUT2D eigenvalue weighted by molar-refractivity contribution is 0.0759. The van der Waals surface area contributed by atoms with Crippen LogP contribution in [0, 0.1) is 5.82 Å². The molecule has 0 aliphatic carbocycles. The van der Waals surface area contributed by atoms with Crippen molar-refractivity contribution in [2.24, 2.45) is 4.40 Å². The molecule has 0 amide bonds. The van der Waals surface area contributed by atoms with Crippen LogP contribution >= 0.6 is 0 Å². The zero-order chi connectivity index (χ0) is 25.9. The van der Waals surface area contributed by atoms with E-state index in [9.17, 15) is 17.9 Å². The number of amidine groups is 1. The maximum Gasteiger partial charge on any atom is 0.301 e. The molecule has 0 aromatic heterocycles. The Bertz CT molecular complexity index is 1360. The average Bonchev–Trinajstić information content (AvgIpc) is 2.83. The minimum atomic E-state index is -4.05. The zero-order valence-corrected chi connectivity index (χ0v) is 21.1. The Morgan fingerprint density at radius 3 is 2.44 bits per heavy atom. The third-order valence-corrected chi connectivity index (χ3v) is 7.97. The minimum Gasteiger partial charge on any atom is -0.497 e. The van der Waals surface area contributed by atoms with E-state index in [4.69, 9.17) is 9.47 Å². The van der Waals surface area contributed by atoms with Gasteiger partial charge in [0.1, 0.15) is 22.4 Å². The fourth-order valence-corrected chi connectivity index (χ4v) is 6.16. The van der Waals surface area contributed by atoms with Crippen LogP contribution in [-0.4, -0.2) is 38.9 Å². The topological polar surface area (TPSA) is 97.2 Å². The standard InChI is InChI=1S/C27H29FN2O5S/c1-27(2)25(19-13-11-18(12-14-19)20-7-6-8-21(17-20)34-3)36(32,33)30-26(35-27)29-24(15-16-31)22-9-4-5-10-23(22)28/h4-14,17,24-25,31H,15-16H2,1-3H3,(H,29,30)/t24-,25?/m0/s1. The molecule has 7 nitrogen and oxygen atoms in total. The number of rotatable bonds is 7. The lowest BCUT2D eigenvalue weighted by Gasteiger charge is -2.38. The second-order valence-electron chi connectivity index (χ2n) is 9.08. The van der Waals surface area contributed by atoms with Crippen molar-refractivity contribution in [1.29, 1.82) is 0 Å². The van der Waals surface area contributed by atoms with Crippen molar-refractivity contribution < 1.29 is 27.4 Å². The summed E-state index contributed by atoms with van der Waals surface area (Å²) in [5.74, 6) is 0.251. The van der Waals surface area contributed by atoms with Gasteiger partial charge in [-0.2, -0.15) is 0 Å². The van der Waals surface area contributed by atoms with Gasteiger partial charge >= 0.3 is 6.02 Å². The van der Waals surface area contributed by atoms with Gasteiger partial charge in [0.15, 0.2) is 0 Å². The number of hydrogen-bond acceptors (Lipinski definition) is 6. The molecule has 0 saturated carbocycles. The first-order chi connectivity index (χ1) is 17.1. The molecule has 1 heterocycles. The lowest BCUT2D eigenvalue weighted by Crippen LogP contribution is -2.47. The van der Waals surface area contributed by atoms with E-state index >= 15 is 0 Å². The van der Waals surface area contributed by atoms with Gasteiger partial charge in [0.25, 0.3) is 10.0 Å². The number of halogens is 1. The Kier molecular flexibility index (Phi) is 7.33. The van der Waals surface area contributed by atoms with Crippen molar-refractivity contribution in [1.82, 2.24) is 5.32 Å². The monoisotopic (exact) mass is 512 g/mol. The quantitative estimate of drug-likeness (QED) is 0.474. The molecule has 1 aliphatic heterocycles.